The van der Waals surface area contributed by atoms with Gasteiger partial charge in [0.1, 0.15) is 0 Å². The van der Waals surface area contributed by atoms with E-state index in [-0.39, 0.29) is 0 Å². The van der Waals surface area contributed by atoms with Crippen LogP contribution in [0.15, 0.2) is 121 Å². The van der Waals surface area contributed by atoms with E-state index in [0.717, 1.165) is 22.4 Å². The van der Waals surface area contributed by atoms with Gasteiger partial charge >= 0.3 is 193 Å². The molecule has 0 saturated heterocycles. The molecule has 1 N–H and O–H groups in total. The van der Waals surface area contributed by atoms with Crippen LogP contribution in [0.25, 0.3) is 4.47 Å². The second-order valence-corrected chi connectivity index (χ2v) is 11.5. The first-order valence-electron chi connectivity index (χ1n) is 9.74. The van der Waals surface area contributed by atoms with Crippen molar-refractivity contribution in [2.24, 2.45) is 0 Å². The molecule has 0 aliphatic carbocycles. The van der Waals surface area contributed by atoms with Crippen molar-refractivity contribution >= 4 is 28.4 Å². The van der Waals surface area contributed by atoms with Gasteiger partial charge in [0, 0.05) is 0 Å². The summed E-state index contributed by atoms with van der Waals surface area (Å²) in [5.74, 6) is 0. The Morgan fingerprint density at radius 2 is 1.28 bits per heavy atom. The Kier molecular flexibility index (Phi) is 7.15. The van der Waals surface area contributed by atoms with E-state index in [0.29, 0.717) is 8.89 Å². The van der Waals surface area contributed by atoms with Gasteiger partial charge in [0.25, 0.3) is 0 Å². The normalized spacial score (nSPS) is 16.6. The van der Waals surface area contributed by atoms with Crippen LogP contribution in [0.4, 0.5) is 5.69 Å². The van der Waals surface area contributed by atoms with Crippen LogP contribution in [0.3, 0.4) is 0 Å². The van der Waals surface area contributed by atoms with E-state index in [1.165, 1.54) is 0 Å². The molecule has 3 aromatic carbocycles. The zero-order valence-corrected chi connectivity index (χ0v) is 19.4. The van der Waals surface area contributed by atoms with Gasteiger partial charge in [-0.2, -0.15) is 0 Å². The number of allylic oxidation sites excluding steroid dienone is 4. The van der Waals surface area contributed by atoms with Gasteiger partial charge in [-0.05, 0) is 0 Å². The fourth-order valence-corrected chi connectivity index (χ4v) is 8.27. The van der Waals surface area contributed by atoms with Crippen molar-refractivity contribution in [3.05, 3.63) is 132 Å². The maximum atomic E-state index is 11.6. The number of para-hydroxylation sites is 1. The van der Waals surface area contributed by atoms with Crippen molar-refractivity contribution in [3.63, 3.8) is 0 Å². The molecule has 0 amide bonds. The molecular formula is C25H20ClNO4Se. The average molecular weight is 513 g/mol. The molecular weight excluding hydrogens is 493 g/mol. The summed E-state index contributed by atoms with van der Waals surface area (Å²) in [6.07, 6.45) is 7.50. The first-order chi connectivity index (χ1) is 15.5. The van der Waals surface area contributed by atoms with Crippen LogP contribution in [0.2, 0.25) is 0 Å². The quantitative estimate of drug-likeness (QED) is 0.488. The number of benzene rings is 3. The fourth-order valence-electron chi connectivity index (χ4n) is 3.17. The number of halogens is 1. The van der Waals surface area contributed by atoms with Gasteiger partial charge in [0.15, 0.2) is 0 Å². The van der Waals surface area contributed by atoms with Crippen molar-refractivity contribution in [2.75, 3.05) is 5.32 Å². The van der Waals surface area contributed by atoms with E-state index >= 15 is 0 Å². The van der Waals surface area contributed by atoms with Crippen molar-refractivity contribution in [1.29, 1.82) is 0 Å². The summed E-state index contributed by atoms with van der Waals surface area (Å²) in [6.45, 7) is 0. The van der Waals surface area contributed by atoms with E-state index in [4.69, 9.17) is 3.37 Å². The number of hydrogen-bond acceptors (Lipinski definition) is 5. The van der Waals surface area contributed by atoms with Crippen LogP contribution < -0.4 is 19.3 Å². The van der Waals surface area contributed by atoms with Crippen LogP contribution in [-0.2, 0) is 3.37 Å². The van der Waals surface area contributed by atoms with Gasteiger partial charge in [-0.1, -0.05) is 0 Å². The summed E-state index contributed by atoms with van der Waals surface area (Å²) in [7, 11) is -4.59. The molecule has 1 unspecified atom stereocenters. The number of anilines is 1. The van der Waals surface area contributed by atoms with E-state index < -0.39 is 24.0 Å². The second kappa shape index (κ2) is 10.2. The van der Waals surface area contributed by atoms with Gasteiger partial charge in [-0.15, -0.1) is 0 Å². The summed E-state index contributed by atoms with van der Waals surface area (Å²) in [5, 5.41) is 3.22. The summed E-state index contributed by atoms with van der Waals surface area (Å²) in [5.41, 5.74) is 3.44. The fraction of sp³-hybridized carbons (Fsp3) is 0. The molecule has 0 bridgehead atoms. The van der Waals surface area contributed by atoms with Crippen molar-refractivity contribution < 1.29 is 27.6 Å². The Morgan fingerprint density at radius 3 is 1.88 bits per heavy atom. The first kappa shape index (κ1) is 22.4. The minimum atomic E-state index is -4.59. The van der Waals surface area contributed by atoms with Crippen LogP contribution in [-0.4, -0.2) is 18.2 Å². The molecule has 5 nitrogen and oxygen atoms in total. The third-order valence-electron chi connectivity index (χ3n) is 4.55. The topological polar surface area (TPSA) is 90.4 Å². The van der Waals surface area contributed by atoms with Crippen molar-refractivity contribution in [1.82, 2.24) is 0 Å². The monoisotopic (exact) mass is 513 g/mol. The molecule has 1 heterocycles. The maximum absolute atomic E-state index is 11.6. The molecule has 1 aliphatic heterocycles. The Morgan fingerprint density at radius 1 is 0.719 bits per heavy atom. The zero-order valence-electron chi connectivity index (χ0n) is 16.9. The SMILES string of the molecule is [O-][Cl+3]([O-])([O-])O[Se]1=C(c2ccccc2)C=C(/C=C/Nc2ccccc2)C=C1c1ccccc1. The standard InChI is InChI=1S/C25H20ClNO4Se/c28-26(29,30)31-32-24(21-10-4-1-5-11-21)18-20(16-17-27-23-14-8-3-9-15-23)19-25(32)22-12-6-2-7-13-22/h1-19,27H/b17-16+. The molecule has 7 heteroatoms. The Labute approximate surface area is 193 Å². The van der Waals surface area contributed by atoms with E-state index in [1.54, 1.807) is 0 Å². The van der Waals surface area contributed by atoms with Crippen molar-refractivity contribution in [3.8, 4) is 0 Å². The summed E-state index contributed by atoms with van der Waals surface area (Å²) < 4.78 is 41.4. The molecule has 0 spiro atoms. The van der Waals surface area contributed by atoms with Gasteiger partial charge in [-0.25, -0.2) is 0 Å². The van der Waals surface area contributed by atoms with Crippen LogP contribution in [0.1, 0.15) is 11.1 Å². The number of nitrogens with one attached hydrogen (secondary N) is 1. The first-order valence-corrected chi connectivity index (χ1v) is 13.4. The van der Waals surface area contributed by atoms with Crippen LogP contribution in [0, 0.1) is 10.2 Å². The number of rotatable bonds is 7. The summed E-state index contributed by atoms with van der Waals surface area (Å²) in [6, 6.07) is 28.5. The molecule has 32 heavy (non-hydrogen) atoms. The second-order valence-electron chi connectivity index (χ2n) is 6.80. The van der Waals surface area contributed by atoms with Gasteiger partial charge < -0.3 is 0 Å². The molecule has 0 radical (unpaired) electrons. The Hall–Kier alpha value is -2.80. The van der Waals surface area contributed by atoms with Crippen LogP contribution in [0.5, 0.6) is 0 Å². The molecule has 1 atom stereocenters. The molecule has 0 fully saturated rings. The predicted molar refractivity (Wildman–Crippen MR) is 119 cm³/mol. The van der Waals surface area contributed by atoms with Crippen molar-refractivity contribution in [2.45, 2.75) is 0 Å². The zero-order chi connectivity index (χ0) is 22.4. The Bertz CT molecular complexity index is 1180. The van der Waals surface area contributed by atoms with Crippen LogP contribution >= 0.6 is 0 Å². The Balaban J connectivity index is 1.80. The molecule has 0 aromatic heterocycles. The van der Waals surface area contributed by atoms with Gasteiger partial charge in [-0.3, -0.25) is 0 Å². The van der Waals surface area contributed by atoms with Gasteiger partial charge in [0.05, 0.1) is 0 Å². The van der Waals surface area contributed by atoms with E-state index in [9.17, 15) is 14.0 Å². The summed E-state index contributed by atoms with van der Waals surface area (Å²) in [4.78, 5) is 0. The molecule has 4 rings (SSSR count). The molecule has 3 aromatic rings. The van der Waals surface area contributed by atoms with E-state index in [1.807, 2.05) is 115 Å². The van der Waals surface area contributed by atoms with E-state index in [2.05, 4.69) is 5.32 Å². The third kappa shape index (κ3) is 5.91. The third-order valence-corrected chi connectivity index (χ3v) is 9.76. The minimum absolute atomic E-state index is 0.707. The number of hydrogen-bond donors (Lipinski definition) is 1. The summed E-state index contributed by atoms with van der Waals surface area (Å²) >= 11 is -2.66. The van der Waals surface area contributed by atoms with Gasteiger partial charge in [0.2, 0.25) is 0 Å². The average Bonchev–Trinajstić information content (AvgIpc) is 2.81. The molecule has 0 saturated carbocycles. The predicted octanol–water partition coefficient (Wildman–Crippen LogP) is 1.88. The molecule has 162 valence electrons. The molecule has 1 aliphatic rings.